The molecule has 1 N–H and O–H groups in total. The van der Waals surface area contributed by atoms with Gasteiger partial charge in [0.2, 0.25) is 10.0 Å². The second-order valence-electron chi connectivity index (χ2n) is 6.52. The number of halogens is 1. The van der Waals surface area contributed by atoms with Gasteiger partial charge in [0.15, 0.2) is 0 Å². The summed E-state index contributed by atoms with van der Waals surface area (Å²) in [6, 6.07) is 11.3. The topological polar surface area (TPSA) is 75.7 Å². The van der Waals surface area contributed by atoms with Crippen molar-refractivity contribution in [1.82, 2.24) is 4.31 Å². The molecule has 8 heteroatoms. The van der Waals surface area contributed by atoms with E-state index in [1.165, 1.54) is 22.5 Å². The molecular weight excluding hydrogens is 400 g/mol. The maximum Gasteiger partial charge on any atom is 0.255 e. The van der Waals surface area contributed by atoms with Crippen LogP contribution in [-0.4, -0.2) is 38.3 Å². The number of rotatable bonds is 6. The molecule has 2 aromatic carbocycles. The molecule has 1 heterocycles. The standard InChI is InChI=1S/C20H23ClN2O4S/c1-2-27-17-8-6-7-16(14-17)22-20(24)15-9-10-18(21)19(13-15)28(25,26)23-11-4-3-5-12-23/h6-10,13-14H,2-5,11-12H2,1H3,(H,22,24). The lowest BCUT2D eigenvalue weighted by atomic mass is 10.2. The van der Waals surface area contributed by atoms with Gasteiger partial charge < -0.3 is 10.1 Å². The van der Waals surface area contributed by atoms with Crippen molar-refractivity contribution in [3.05, 3.63) is 53.1 Å². The summed E-state index contributed by atoms with van der Waals surface area (Å²) >= 11 is 6.17. The fraction of sp³-hybridized carbons (Fsp3) is 0.350. The van der Waals surface area contributed by atoms with Crippen molar-refractivity contribution >= 4 is 33.2 Å². The van der Waals surface area contributed by atoms with Gasteiger partial charge in [-0.25, -0.2) is 8.42 Å². The summed E-state index contributed by atoms with van der Waals surface area (Å²) in [5.74, 6) is 0.227. The van der Waals surface area contributed by atoms with Gasteiger partial charge in [0.05, 0.1) is 11.6 Å². The Labute approximate surface area is 170 Å². The van der Waals surface area contributed by atoms with Gasteiger partial charge in [0, 0.05) is 30.4 Å². The van der Waals surface area contributed by atoms with Crippen LogP contribution in [0.3, 0.4) is 0 Å². The van der Waals surface area contributed by atoms with Gasteiger partial charge in [-0.2, -0.15) is 4.31 Å². The molecule has 1 saturated heterocycles. The van der Waals surface area contributed by atoms with Crippen LogP contribution in [0.15, 0.2) is 47.4 Å². The highest BCUT2D eigenvalue weighted by Crippen LogP contribution is 2.28. The van der Waals surface area contributed by atoms with Crippen molar-refractivity contribution in [2.75, 3.05) is 25.0 Å². The number of amides is 1. The fourth-order valence-electron chi connectivity index (χ4n) is 3.12. The highest BCUT2D eigenvalue weighted by atomic mass is 35.5. The van der Waals surface area contributed by atoms with E-state index in [-0.39, 0.29) is 15.5 Å². The number of nitrogens with one attached hydrogen (secondary N) is 1. The normalized spacial score (nSPS) is 15.2. The quantitative estimate of drug-likeness (QED) is 0.758. The minimum atomic E-state index is -3.73. The van der Waals surface area contributed by atoms with Crippen molar-refractivity contribution in [2.45, 2.75) is 31.1 Å². The van der Waals surface area contributed by atoms with Crippen molar-refractivity contribution < 1.29 is 17.9 Å². The van der Waals surface area contributed by atoms with Gasteiger partial charge in [-0.15, -0.1) is 0 Å². The van der Waals surface area contributed by atoms with Gasteiger partial charge in [0.1, 0.15) is 10.6 Å². The molecule has 2 aromatic rings. The SMILES string of the molecule is CCOc1cccc(NC(=O)c2ccc(Cl)c(S(=O)(=O)N3CCCCC3)c2)c1. The Kier molecular flexibility index (Phi) is 6.59. The molecular formula is C20H23ClN2O4S. The Morgan fingerprint density at radius 3 is 2.61 bits per heavy atom. The molecule has 1 amide bonds. The Balaban J connectivity index is 1.84. The van der Waals surface area contributed by atoms with Crippen molar-refractivity contribution in [2.24, 2.45) is 0 Å². The number of ether oxygens (including phenoxy) is 1. The van der Waals surface area contributed by atoms with E-state index in [4.69, 9.17) is 16.3 Å². The minimum Gasteiger partial charge on any atom is -0.494 e. The number of anilines is 1. The summed E-state index contributed by atoms with van der Waals surface area (Å²) in [7, 11) is -3.73. The fourth-order valence-corrected chi connectivity index (χ4v) is 5.14. The van der Waals surface area contributed by atoms with Crippen LogP contribution in [0.2, 0.25) is 5.02 Å². The third kappa shape index (κ3) is 4.66. The average molecular weight is 423 g/mol. The van der Waals surface area contributed by atoms with E-state index in [0.717, 1.165) is 19.3 Å². The summed E-state index contributed by atoms with van der Waals surface area (Å²) in [5.41, 5.74) is 0.785. The number of sulfonamides is 1. The number of hydrogen-bond acceptors (Lipinski definition) is 4. The molecule has 0 spiro atoms. The van der Waals surface area contributed by atoms with E-state index < -0.39 is 15.9 Å². The van der Waals surface area contributed by atoms with Gasteiger partial charge in [-0.1, -0.05) is 24.1 Å². The van der Waals surface area contributed by atoms with Crippen LogP contribution < -0.4 is 10.1 Å². The van der Waals surface area contributed by atoms with Crippen LogP contribution in [-0.2, 0) is 10.0 Å². The first kappa shape index (κ1) is 20.6. The largest absolute Gasteiger partial charge is 0.494 e. The molecule has 1 fully saturated rings. The van der Waals surface area contributed by atoms with Crippen LogP contribution in [0.25, 0.3) is 0 Å². The van der Waals surface area contributed by atoms with E-state index in [9.17, 15) is 13.2 Å². The molecule has 0 unspecified atom stereocenters. The van der Waals surface area contributed by atoms with Gasteiger partial charge >= 0.3 is 0 Å². The van der Waals surface area contributed by atoms with E-state index in [1.807, 2.05) is 6.92 Å². The molecule has 28 heavy (non-hydrogen) atoms. The summed E-state index contributed by atoms with van der Waals surface area (Å²) in [6.45, 7) is 3.34. The first-order valence-corrected chi connectivity index (χ1v) is 11.1. The first-order chi connectivity index (χ1) is 13.4. The summed E-state index contributed by atoms with van der Waals surface area (Å²) in [6.07, 6.45) is 2.67. The summed E-state index contributed by atoms with van der Waals surface area (Å²) in [4.78, 5) is 12.6. The number of carbonyl (C=O) groups is 1. The Morgan fingerprint density at radius 2 is 1.89 bits per heavy atom. The second kappa shape index (κ2) is 8.94. The number of hydrogen-bond donors (Lipinski definition) is 1. The van der Waals surface area contributed by atoms with Crippen molar-refractivity contribution in [3.63, 3.8) is 0 Å². The van der Waals surface area contributed by atoms with E-state index >= 15 is 0 Å². The van der Waals surface area contributed by atoms with E-state index in [0.29, 0.717) is 31.1 Å². The molecule has 1 aliphatic heterocycles. The number of nitrogens with zero attached hydrogens (tertiary/aromatic N) is 1. The predicted octanol–water partition coefficient (Wildman–Crippen LogP) is 4.17. The Bertz CT molecular complexity index is 956. The zero-order valence-corrected chi connectivity index (χ0v) is 17.2. The lowest BCUT2D eigenvalue weighted by molar-refractivity contribution is 0.102. The molecule has 0 atom stereocenters. The van der Waals surface area contributed by atoms with Crippen LogP contribution in [0.5, 0.6) is 5.75 Å². The predicted molar refractivity (Wildman–Crippen MR) is 110 cm³/mol. The van der Waals surface area contributed by atoms with Crippen LogP contribution in [0.1, 0.15) is 36.5 Å². The van der Waals surface area contributed by atoms with Crippen LogP contribution in [0.4, 0.5) is 5.69 Å². The van der Waals surface area contributed by atoms with Gasteiger partial charge in [0.25, 0.3) is 5.91 Å². The van der Waals surface area contributed by atoms with Gasteiger partial charge in [-0.05, 0) is 50.1 Å². The molecule has 0 saturated carbocycles. The zero-order chi connectivity index (χ0) is 20.1. The zero-order valence-electron chi connectivity index (χ0n) is 15.7. The minimum absolute atomic E-state index is 0.0354. The lowest BCUT2D eigenvalue weighted by Crippen LogP contribution is -2.35. The molecule has 150 valence electrons. The van der Waals surface area contributed by atoms with Crippen molar-refractivity contribution in [3.8, 4) is 5.75 Å². The van der Waals surface area contributed by atoms with E-state index in [2.05, 4.69) is 5.32 Å². The van der Waals surface area contributed by atoms with E-state index in [1.54, 1.807) is 24.3 Å². The maximum absolute atomic E-state index is 13.0. The smallest absolute Gasteiger partial charge is 0.255 e. The van der Waals surface area contributed by atoms with Crippen molar-refractivity contribution in [1.29, 1.82) is 0 Å². The monoisotopic (exact) mass is 422 g/mol. The summed E-state index contributed by atoms with van der Waals surface area (Å²) in [5, 5.41) is 2.88. The van der Waals surface area contributed by atoms with Gasteiger partial charge in [-0.3, -0.25) is 4.79 Å². The lowest BCUT2D eigenvalue weighted by Gasteiger charge is -2.26. The number of benzene rings is 2. The molecule has 0 bridgehead atoms. The van der Waals surface area contributed by atoms with Crippen LogP contribution >= 0.6 is 11.6 Å². The maximum atomic E-state index is 13.0. The highest BCUT2D eigenvalue weighted by molar-refractivity contribution is 7.89. The molecule has 0 aliphatic carbocycles. The average Bonchev–Trinajstić information content (AvgIpc) is 2.69. The first-order valence-electron chi connectivity index (χ1n) is 9.25. The second-order valence-corrected chi connectivity index (χ2v) is 8.84. The molecule has 3 rings (SSSR count). The Morgan fingerprint density at radius 1 is 1.14 bits per heavy atom. The number of carbonyl (C=O) groups excluding carboxylic acids is 1. The Hall–Kier alpha value is -2.09. The molecule has 0 radical (unpaired) electrons. The third-order valence-electron chi connectivity index (χ3n) is 4.53. The third-order valence-corrected chi connectivity index (χ3v) is 6.91. The molecule has 0 aromatic heterocycles. The molecule has 6 nitrogen and oxygen atoms in total. The number of piperidine rings is 1. The van der Waals surface area contributed by atoms with Crippen LogP contribution in [0, 0.1) is 0 Å². The molecule has 1 aliphatic rings. The highest BCUT2D eigenvalue weighted by Gasteiger charge is 2.28. The summed E-state index contributed by atoms with van der Waals surface area (Å²) < 4.78 is 32.8.